The number of hydrogen-bond acceptors (Lipinski definition) is 4. The van der Waals surface area contributed by atoms with Gasteiger partial charge in [-0.2, -0.15) is 0 Å². The molecule has 0 saturated carbocycles. The summed E-state index contributed by atoms with van der Waals surface area (Å²) in [7, 11) is 0. The summed E-state index contributed by atoms with van der Waals surface area (Å²) >= 11 is 5.97. The molecule has 27 heavy (non-hydrogen) atoms. The van der Waals surface area contributed by atoms with Crippen molar-refractivity contribution in [1.82, 2.24) is 0 Å². The van der Waals surface area contributed by atoms with Crippen molar-refractivity contribution in [2.75, 3.05) is 13.2 Å². The van der Waals surface area contributed by atoms with Gasteiger partial charge in [-0.15, -0.1) is 0 Å². The average Bonchev–Trinajstić information content (AvgIpc) is 2.62. The Morgan fingerprint density at radius 3 is 2.33 bits per heavy atom. The van der Waals surface area contributed by atoms with Crippen LogP contribution in [0, 0.1) is 0 Å². The molecule has 0 heterocycles. The van der Waals surface area contributed by atoms with E-state index in [-0.39, 0.29) is 42.8 Å². The molecule has 2 aromatic rings. The number of phenolic OH excluding ortho intramolecular Hbond substituents is 1. The molecule has 0 bridgehead atoms. The quantitative estimate of drug-likeness (QED) is 0.578. The Kier molecular flexibility index (Phi) is 12.5. The molecule has 0 unspecified atom stereocenters. The van der Waals surface area contributed by atoms with Crippen molar-refractivity contribution in [3.8, 4) is 5.75 Å². The Bertz CT molecular complexity index is 683. The standard InChI is InChI=1S/C16H18ClNO2.C4H8O2.ClH/c1-11(14-9-13(17)7-8-16(14)20)18-15(10-19)12-5-3-2-4-6-12;1-3-6-4(2)5;/h2-9,11,15,18-20H,10H2,1H3;3H2,1-2H3;1H/t11-,15-;;/m0../s1. The van der Waals surface area contributed by atoms with Gasteiger partial charge in [0.1, 0.15) is 17.8 Å². The molecule has 0 radical (unpaired) electrons. The van der Waals surface area contributed by atoms with Crippen LogP contribution >= 0.6 is 11.6 Å². The van der Waals surface area contributed by atoms with Crippen LogP contribution in [-0.4, -0.2) is 29.4 Å². The van der Waals surface area contributed by atoms with E-state index in [0.29, 0.717) is 11.6 Å². The lowest BCUT2D eigenvalue weighted by molar-refractivity contribution is -0.733. The lowest BCUT2D eigenvalue weighted by Gasteiger charge is -2.19. The number of aromatic hydroxyl groups is 1. The summed E-state index contributed by atoms with van der Waals surface area (Å²) in [5.74, 6) is 0.0143. The minimum atomic E-state index is -0.211. The zero-order valence-electron chi connectivity index (χ0n) is 15.7. The highest BCUT2D eigenvalue weighted by atomic mass is 35.5. The number of carbonyl (C=O) groups excluding carboxylic acids is 1. The first-order valence-electron chi connectivity index (χ1n) is 8.51. The fourth-order valence-corrected chi connectivity index (χ4v) is 2.70. The summed E-state index contributed by atoms with van der Waals surface area (Å²) in [4.78, 5) is 9.82. The van der Waals surface area contributed by atoms with Crippen LogP contribution in [0.2, 0.25) is 5.02 Å². The van der Waals surface area contributed by atoms with Gasteiger partial charge in [0.15, 0.2) is 0 Å². The maximum atomic E-state index is 9.92. The minimum Gasteiger partial charge on any atom is -1.00 e. The number of carbonyl (C=O) groups is 1. The lowest BCUT2D eigenvalue weighted by Crippen LogP contribution is -3.00. The van der Waals surface area contributed by atoms with Crippen LogP contribution in [0.5, 0.6) is 5.75 Å². The van der Waals surface area contributed by atoms with Gasteiger partial charge in [-0.25, -0.2) is 0 Å². The predicted octanol–water partition coefficient (Wildman–Crippen LogP) is -0.0230. The fourth-order valence-electron chi connectivity index (χ4n) is 2.52. The molecule has 5 nitrogen and oxygen atoms in total. The number of esters is 1. The van der Waals surface area contributed by atoms with Gasteiger partial charge in [-0.05, 0) is 32.0 Å². The largest absolute Gasteiger partial charge is 1.00 e. The Morgan fingerprint density at radius 1 is 1.22 bits per heavy atom. The second-order valence-electron chi connectivity index (χ2n) is 5.81. The summed E-state index contributed by atoms with van der Waals surface area (Å²) in [6.07, 6.45) is 0. The first-order valence-corrected chi connectivity index (χ1v) is 8.89. The number of rotatable bonds is 6. The van der Waals surface area contributed by atoms with Crippen LogP contribution < -0.4 is 17.7 Å². The van der Waals surface area contributed by atoms with Crippen LogP contribution in [0.25, 0.3) is 0 Å². The molecule has 2 rings (SSSR count). The van der Waals surface area contributed by atoms with Crippen LogP contribution in [-0.2, 0) is 9.53 Å². The number of phenols is 1. The van der Waals surface area contributed by atoms with Crippen molar-refractivity contribution < 1.29 is 37.5 Å². The number of halogens is 2. The Morgan fingerprint density at radius 2 is 1.85 bits per heavy atom. The monoisotopic (exact) mass is 415 g/mol. The number of hydrogen-bond donors (Lipinski definition) is 3. The van der Waals surface area contributed by atoms with Gasteiger partial charge in [0.25, 0.3) is 0 Å². The van der Waals surface area contributed by atoms with E-state index in [2.05, 4.69) is 4.74 Å². The van der Waals surface area contributed by atoms with Gasteiger partial charge in [-0.3, -0.25) is 4.79 Å². The van der Waals surface area contributed by atoms with Crippen LogP contribution in [0.15, 0.2) is 48.5 Å². The Hall–Kier alpha value is -1.79. The molecule has 2 aromatic carbocycles. The second-order valence-corrected chi connectivity index (χ2v) is 6.25. The highest BCUT2D eigenvalue weighted by molar-refractivity contribution is 6.30. The summed E-state index contributed by atoms with van der Waals surface area (Å²) < 4.78 is 4.40. The summed E-state index contributed by atoms with van der Waals surface area (Å²) in [6, 6.07) is 14.8. The van der Waals surface area contributed by atoms with Gasteiger partial charge in [-0.1, -0.05) is 41.9 Å². The third-order valence-electron chi connectivity index (χ3n) is 3.77. The molecule has 0 spiro atoms. The number of ether oxygens (including phenoxy) is 1. The molecule has 0 amide bonds. The first kappa shape index (κ1) is 25.2. The van der Waals surface area contributed by atoms with Crippen molar-refractivity contribution >= 4 is 17.6 Å². The van der Waals surface area contributed by atoms with E-state index in [9.17, 15) is 15.0 Å². The number of quaternary nitrogens is 1. The smallest absolute Gasteiger partial charge is 0.302 e. The fraction of sp³-hybridized carbons (Fsp3) is 0.350. The first-order chi connectivity index (χ1) is 12.4. The van der Waals surface area contributed by atoms with E-state index in [1.165, 1.54) is 6.92 Å². The van der Waals surface area contributed by atoms with E-state index in [4.69, 9.17) is 11.6 Å². The lowest BCUT2D eigenvalue weighted by atomic mass is 10.0. The molecule has 2 atom stereocenters. The van der Waals surface area contributed by atoms with Gasteiger partial charge in [0.05, 0.1) is 18.8 Å². The van der Waals surface area contributed by atoms with E-state index in [0.717, 1.165) is 11.1 Å². The molecule has 0 aliphatic heterocycles. The van der Waals surface area contributed by atoms with Gasteiger partial charge in [0.2, 0.25) is 0 Å². The maximum Gasteiger partial charge on any atom is 0.302 e. The minimum absolute atomic E-state index is 0. The summed E-state index contributed by atoms with van der Waals surface area (Å²) in [5, 5.41) is 22.1. The van der Waals surface area contributed by atoms with Crippen LogP contribution in [0.4, 0.5) is 0 Å². The molecule has 4 N–H and O–H groups in total. The molecule has 7 heteroatoms. The van der Waals surface area contributed by atoms with Crippen molar-refractivity contribution in [3.63, 3.8) is 0 Å². The van der Waals surface area contributed by atoms with E-state index in [1.54, 1.807) is 25.1 Å². The Labute approximate surface area is 171 Å². The molecule has 0 saturated heterocycles. The SMILES string of the molecule is CCOC(C)=O.C[C@H]([NH2+][C@@H](CO)c1ccccc1)c1cc(Cl)ccc1O.[Cl-]. The highest BCUT2D eigenvalue weighted by Gasteiger charge is 2.20. The summed E-state index contributed by atoms with van der Waals surface area (Å²) in [6.45, 7) is 5.67. The Balaban J connectivity index is 0.000000842. The molecule has 150 valence electrons. The van der Waals surface area contributed by atoms with Crippen LogP contribution in [0.1, 0.15) is 44.0 Å². The van der Waals surface area contributed by atoms with Crippen LogP contribution in [0.3, 0.4) is 0 Å². The molecule has 0 aromatic heterocycles. The molecular weight excluding hydrogens is 389 g/mol. The number of aliphatic hydroxyl groups is 1. The van der Waals surface area contributed by atoms with Crippen molar-refractivity contribution in [2.45, 2.75) is 32.9 Å². The molecule has 0 aliphatic carbocycles. The molecular formula is C20H27Cl2NO4. The topological polar surface area (TPSA) is 83.4 Å². The van der Waals surface area contributed by atoms with E-state index in [1.807, 2.05) is 42.6 Å². The highest BCUT2D eigenvalue weighted by Crippen LogP contribution is 2.25. The maximum absolute atomic E-state index is 9.92. The van der Waals surface area contributed by atoms with E-state index < -0.39 is 0 Å². The normalized spacial score (nSPS) is 12.0. The average molecular weight is 416 g/mol. The van der Waals surface area contributed by atoms with Crippen molar-refractivity contribution in [1.29, 1.82) is 0 Å². The zero-order chi connectivity index (χ0) is 19.5. The second kappa shape index (κ2) is 13.4. The molecule has 0 fully saturated rings. The van der Waals surface area contributed by atoms with Crippen molar-refractivity contribution in [2.24, 2.45) is 0 Å². The van der Waals surface area contributed by atoms with Crippen molar-refractivity contribution in [3.05, 3.63) is 64.7 Å². The number of benzene rings is 2. The van der Waals surface area contributed by atoms with E-state index >= 15 is 0 Å². The predicted molar refractivity (Wildman–Crippen MR) is 102 cm³/mol. The van der Waals surface area contributed by atoms with Gasteiger partial charge in [0, 0.05) is 17.5 Å². The number of nitrogens with two attached hydrogens (primary N) is 1. The van der Waals surface area contributed by atoms with Gasteiger partial charge >= 0.3 is 5.97 Å². The number of aliphatic hydroxyl groups excluding tert-OH is 1. The third-order valence-corrected chi connectivity index (χ3v) is 4.01. The third kappa shape index (κ3) is 9.11. The van der Waals surface area contributed by atoms with Gasteiger partial charge < -0.3 is 32.7 Å². The summed E-state index contributed by atoms with van der Waals surface area (Å²) in [5.41, 5.74) is 1.83. The molecule has 0 aliphatic rings. The zero-order valence-corrected chi connectivity index (χ0v) is 17.2.